The second-order valence-corrected chi connectivity index (χ2v) is 4.34. The molecule has 0 aliphatic heterocycles. The van der Waals surface area contributed by atoms with Crippen LogP contribution in [0.2, 0.25) is 5.02 Å². The van der Waals surface area contributed by atoms with Gasteiger partial charge in [0.1, 0.15) is 6.04 Å². The van der Waals surface area contributed by atoms with Crippen LogP contribution in [-0.2, 0) is 4.79 Å². The molecule has 0 fully saturated rings. The van der Waals surface area contributed by atoms with Crippen LogP contribution in [0.3, 0.4) is 0 Å². The molecule has 0 bridgehead atoms. The minimum atomic E-state index is -1.21. The summed E-state index contributed by atoms with van der Waals surface area (Å²) in [5, 5.41) is 22.7. The molecule has 19 heavy (non-hydrogen) atoms. The number of aliphatic hydroxyl groups is 1. The van der Waals surface area contributed by atoms with Gasteiger partial charge in [-0.05, 0) is 18.6 Å². The average Bonchev–Trinajstić information content (AvgIpc) is 2.33. The molecule has 0 aromatic heterocycles. The predicted molar refractivity (Wildman–Crippen MR) is 71.5 cm³/mol. The van der Waals surface area contributed by atoms with E-state index in [1.807, 2.05) is 0 Å². The summed E-state index contributed by atoms with van der Waals surface area (Å²) < 4.78 is 0. The number of hydrogen-bond acceptors (Lipinski definition) is 3. The number of carbonyl (C=O) groups excluding carboxylic acids is 1. The first-order valence-corrected chi connectivity index (χ1v) is 5.99. The Morgan fingerprint density at radius 2 is 2.11 bits per heavy atom. The summed E-state index contributed by atoms with van der Waals surface area (Å²) in [5.74, 6) is -1.21. The number of rotatable bonds is 5. The van der Waals surface area contributed by atoms with Gasteiger partial charge in [-0.3, -0.25) is 0 Å². The highest BCUT2D eigenvalue weighted by atomic mass is 35.5. The fourth-order valence-corrected chi connectivity index (χ4v) is 1.75. The number of benzene rings is 1. The van der Waals surface area contributed by atoms with Crippen molar-refractivity contribution < 1.29 is 19.8 Å². The lowest BCUT2D eigenvalue weighted by Crippen LogP contribution is -2.43. The highest BCUT2D eigenvalue weighted by Crippen LogP contribution is 2.24. The molecule has 0 radical (unpaired) electrons. The molecular formula is C12H15ClN2O4. The first kappa shape index (κ1) is 15.3. The summed E-state index contributed by atoms with van der Waals surface area (Å²) in [7, 11) is 0. The van der Waals surface area contributed by atoms with Gasteiger partial charge >= 0.3 is 12.0 Å². The molecule has 104 valence electrons. The number of aryl methyl sites for hydroxylation is 1. The van der Waals surface area contributed by atoms with E-state index < -0.39 is 18.0 Å². The van der Waals surface area contributed by atoms with E-state index in [-0.39, 0.29) is 13.0 Å². The number of carboxylic acids is 1. The number of aliphatic hydroxyl groups excluding tert-OH is 1. The number of amides is 2. The number of anilines is 1. The van der Waals surface area contributed by atoms with E-state index in [1.165, 1.54) is 0 Å². The lowest BCUT2D eigenvalue weighted by atomic mass is 10.2. The standard InChI is InChI=1S/C12H15ClN2O4/c1-7-3-2-4-8(13)10(7)15-12(19)14-9(5-6-16)11(17)18/h2-4,9,16H,5-6H2,1H3,(H,17,18)(H2,14,15,19)/t9-/m1/s1. The number of nitrogens with one attached hydrogen (secondary N) is 2. The molecule has 0 aliphatic carbocycles. The molecule has 1 aromatic rings. The van der Waals surface area contributed by atoms with Crippen LogP contribution in [0.25, 0.3) is 0 Å². The van der Waals surface area contributed by atoms with Crippen LogP contribution in [0.1, 0.15) is 12.0 Å². The molecule has 7 heteroatoms. The van der Waals surface area contributed by atoms with E-state index in [1.54, 1.807) is 25.1 Å². The van der Waals surface area contributed by atoms with Crippen molar-refractivity contribution in [1.29, 1.82) is 0 Å². The van der Waals surface area contributed by atoms with Crippen LogP contribution in [0.4, 0.5) is 10.5 Å². The molecule has 0 saturated heterocycles. The third-order valence-corrected chi connectivity index (χ3v) is 2.80. The molecule has 1 rings (SSSR count). The van der Waals surface area contributed by atoms with Gasteiger partial charge in [0, 0.05) is 13.0 Å². The topological polar surface area (TPSA) is 98.7 Å². The maximum absolute atomic E-state index is 11.7. The van der Waals surface area contributed by atoms with Crippen molar-refractivity contribution in [1.82, 2.24) is 5.32 Å². The van der Waals surface area contributed by atoms with Crippen molar-refractivity contribution in [3.63, 3.8) is 0 Å². The number of carbonyl (C=O) groups is 2. The maximum atomic E-state index is 11.7. The van der Waals surface area contributed by atoms with Gasteiger partial charge in [0.2, 0.25) is 0 Å². The maximum Gasteiger partial charge on any atom is 0.326 e. The number of carboxylic acid groups (broad SMARTS) is 1. The second kappa shape index (κ2) is 6.96. The fraction of sp³-hybridized carbons (Fsp3) is 0.333. The van der Waals surface area contributed by atoms with Gasteiger partial charge in [-0.15, -0.1) is 0 Å². The zero-order valence-corrected chi connectivity index (χ0v) is 11.1. The number of para-hydroxylation sites is 1. The van der Waals surface area contributed by atoms with Gasteiger partial charge in [-0.25, -0.2) is 9.59 Å². The summed E-state index contributed by atoms with van der Waals surface area (Å²) in [6.45, 7) is 1.44. The van der Waals surface area contributed by atoms with Gasteiger partial charge in [0.05, 0.1) is 10.7 Å². The summed E-state index contributed by atoms with van der Waals surface area (Å²) in [6, 6.07) is 3.30. The van der Waals surface area contributed by atoms with E-state index >= 15 is 0 Å². The molecule has 1 atom stereocenters. The van der Waals surface area contributed by atoms with Crippen LogP contribution in [0.15, 0.2) is 18.2 Å². The first-order chi connectivity index (χ1) is 8.95. The Balaban J connectivity index is 2.72. The van der Waals surface area contributed by atoms with Gasteiger partial charge in [0.15, 0.2) is 0 Å². The van der Waals surface area contributed by atoms with Crippen LogP contribution < -0.4 is 10.6 Å². The van der Waals surface area contributed by atoms with Gasteiger partial charge in [0.25, 0.3) is 0 Å². The van der Waals surface area contributed by atoms with Crippen molar-refractivity contribution in [3.8, 4) is 0 Å². The van der Waals surface area contributed by atoms with Crippen molar-refractivity contribution in [2.45, 2.75) is 19.4 Å². The third-order valence-electron chi connectivity index (χ3n) is 2.48. The second-order valence-electron chi connectivity index (χ2n) is 3.93. The largest absolute Gasteiger partial charge is 0.480 e. The molecule has 2 amide bonds. The Morgan fingerprint density at radius 1 is 1.42 bits per heavy atom. The van der Waals surface area contributed by atoms with Crippen LogP contribution in [0.5, 0.6) is 0 Å². The van der Waals surface area contributed by atoms with Gasteiger partial charge in [-0.2, -0.15) is 0 Å². The SMILES string of the molecule is Cc1cccc(Cl)c1NC(=O)N[C@H](CCO)C(=O)O. The van der Waals surface area contributed by atoms with Gasteiger partial charge in [-0.1, -0.05) is 23.7 Å². The quantitative estimate of drug-likeness (QED) is 0.661. The average molecular weight is 287 g/mol. The minimum Gasteiger partial charge on any atom is -0.480 e. The minimum absolute atomic E-state index is 0.0652. The number of aliphatic carboxylic acids is 1. The Labute approximate surface area is 115 Å². The molecule has 0 saturated carbocycles. The van der Waals surface area contributed by atoms with Crippen molar-refractivity contribution in [2.24, 2.45) is 0 Å². The monoisotopic (exact) mass is 286 g/mol. The van der Waals surface area contributed by atoms with E-state index in [0.29, 0.717) is 10.7 Å². The Hall–Kier alpha value is -1.79. The lowest BCUT2D eigenvalue weighted by Gasteiger charge is -2.15. The van der Waals surface area contributed by atoms with Crippen molar-refractivity contribution in [2.75, 3.05) is 11.9 Å². The van der Waals surface area contributed by atoms with E-state index in [9.17, 15) is 9.59 Å². The van der Waals surface area contributed by atoms with E-state index in [0.717, 1.165) is 5.56 Å². The van der Waals surface area contributed by atoms with Crippen LogP contribution in [0, 0.1) is 6.92 Å². The number of halogens is 1. The molecule has 0 heterocycles. The Bertz CT molecular complexity index is 459. The predicted octanol–water partition coefficient (Wildman–Crippen LogP) is 1.61. The molecule has 1 aromatic carbocycles. The molecule has 6 nitrogen and oxygen atoms in total. The van der Waals surface area contributed by atoms with E-state index in [4.69, 9.17) is 21.8 Å². The highest BCUT2D eigenvalue weighted by molar-refractivity contribution is 6.33. The summed E-state index contributed by atoms with van der Waals surface area (Å²) in [4.78, 5) is 22.5. The summed E-state index contributed by atoms with van der Waals surface area (Å²) in [6.07, 6.45) is -0.0652. The van der Waals surface area contributed by atoms with Crippen LogP contribution in [-0.4, -0.2) is 34.9 Å². The zero-order chi connectivity index (χ0) is 14.4. The van der Waals surface area contributed by atoms with Gasteiger partial charge < -0.3 is 20.8 Å². The molecular weight excluding hydrogens is 272 g/mol. The Kier molecular flexibility index (Phi) is 5.59. The number of hydrogen-bond donors (Lipinski definition) is 4. The lowest BCUT2D eigenvalue weighted by molar-refractivity contribution is -0.139. The third kappa shape index (κ3) is 4.42. The normalized spacial score (nSPS) is 11.7. The first-order valence-electron chi connectivity index (χ1n) is 5.62. The molecule has 0 spiro atoms. The number of urea groups is 1. The summed E-state index contributed by atoms with van der Waals surface area (Å²) in [5.41, 5.74) is 1.19. The van der Waals surface area contributed by atoms with E-state index in [2.05, 4.69) is 10.6 Å². The smallest absolute Gasteiger partial charge is 0.326 e. The fourth-order valence-electron chi connectivity index (χ4n) is 1.48. The van der Waals surface area contributed by atoms with Crippen LogP contribution >= 0.6 is 11.6 Å². The highest BCUT2D eigenvalue weighted by Gasteiger charge is 2.19. The molecule has 4 N–H and O–H groups in total. The molecule has 0 aliphatic rings. The summed E-state index contributed by atoms with van der Waals surface area (Å²) >= 11 is 5.94. The zero-order valence-electron chi connectivity index (χ0n) is 10.3. The Morgan fingerprint density at radius 3 is 2.63 bits per heavy atom. The van der Waals surface area contributed by atoms with Crippen molar-refractivity contribution in [3.05, 3.63) is 28.8 Å². The molecule has 0 unspecified atom stereocenters. The van der Waals surface area contributed by atoms with Crippen molar-refractivity contribution >= 4 is 29.3 Å².